The number of carboxylic acids is 1. The predicted octanol–water partition coefficient (Wildman–Crippen LogP) is 2.42. The molecule has 0 radical (unpaired) electrons. The number of ether oxygens (including phenoxy) is 1. The molecule has 0 aromatic heterocycles. The number of carbonyl (C=O) groups is 2. The number of benzene rings is 2. The Hall–Kier alpha value is -2.66. The van der Waals surface area contributed by atoms with E-state index in [2.05, 4.69) is 5.32 Å². The Morgan fingerprint density at radius 3 is 1.92 bits per heavy atom. The molecule has 0 aliphatic rings. The number of hydrogen-bond acceptors (Lipinski definition) is 3. The van der Waals surface area contributed by atoms with Crippen molar-refractivity contribution >= 4 is 11.9 Å². The monoisotopic (exact) mass is 327 g/mol. The fraction of sp³-hybridized carbons (Fsp3) is 0.263. The molecule has 1 atom stereocenters. The Balaban J connectivity index is 2.09. The molecule has 0 spiro atoms. The van der Waals surface area contributed by atoms with Gasteiger partial charge in [-0.2, -0.15) is 0 Å². The van der Waals surface area contributed by atoms with Gasteiger partial charge in [0.25, 0.3) is 0 Å². The molecular formula is C19H21NO4. The Morgan fingerprint density at radius 2 is 1.50 bits per heavy atom. The van der Waals surface area contributed by atoms with E-state index in [9.17, 15) is 9.59 Å². The van der Waals surface area contributed by atoms with E-state index in [-0.39, 0.29) is 24.8 Å². The molecule has 0 bridgehead atoms. The van der Waals surface area contributed by atoms with E-state index in [1.54, 1.807) is 0 Å². The second-order valence-electron chi connectivity index (χ2n) is 5.44. The third-order valence-electron chi connectivity index (χ3n) is 3.84. The summed E-state index contributed by atoms with van der Waals surface area (Å²) in [6.45, 7) is -0.0546. The van der Waals surface area contributed by atoms with Crippen molar-refractivity contribution in [2.75, 3.05) is 13.7 Å². The largest absolute Gasteiger partial charge is 0.479 e. The van der Waals surface area contributed by atoms with E-state index in [1.165, 1.54) is 7.11 Å². The van der Waals surface area contributed by atoms with Gasteiger partial charge in [0, 0.05) is 19.4 Å². The highest BCUT2D eigenvalue weighted by atomic mass is 16.5. The molecule has 2 N–H and O–H groups in total. The van der Waals surface area contributed by atoms with E-state index < -0.39 is 12.1 Å². The Morgan fingerprint density at radius 1 is 1.00 bits per heavy atom. The van der Waals surface area contributed by atoms with Crippen molar-refractivity contribution in [1.29, 1.82) is 0 Å². The van der Waals surface area contributed by atoms with Crippen LogP contribution in [0, 0.1) is 0 Å². The minimum Gasteiger partial charge on any atom is -0.479 e. The quantitative estimate of drug-likeness (QED) is 0.781. The molecule has 126 valence electrons. The Bertz CT molecular complexity index is 618. The summed E-state index contributed by atoms with van der Waals surface area (Å²) in [5.41, 5.74) is 2.08. The minimum absolute atomic E-state index is 0.0546. The number of carbonyl (C=O) groups excluding carboxylic acids is 1. The number of amides is 1. The number of aliphatic carboxylic acids is 1. The van der Waals surface area contributed by atoms with Crippen LogP contribution in [0.25, 0.3) is 0 Å². The average Bonchev–Trinajstić information content (AvgIpc) is 2.61. The molecule has 1 unspecified atom stereocenters. The van der Waals surface area contributed by atoms with Gasteiger partial charge in [-0.3, -0.25) is 4.79 Å². The molecule has 5 heteroatoms. The standard InChI is InChI=1S/C19H21NO4/c1-24-17(19(22)23)13-20-18(21)12-16(14-8-4-2-5-9-14)15-10-6-3-7-11-15/h2-11,16-17H,12-13H2,1H3,(H,20,21)(H,22,23). The molecule has 0 heterocycles. The van der Waals surface area contributed by atoms with Crippen LogP contribution in [0.5, 0.6) is 0 Å². The van der Waals surface area contributed by atoms with E-state index in [4.69, 9.17) is 9.84 Å². The second-order valence-corrected chi connectivity index (χ2v) is 5.44. The third kappa shape index (κ3) is 4.93. The van der Waals surface area contributed by atoms with Gasteiger partial charge in [-0.15, -0.1) is 0 Å². The summed E-state index contributed by atoms with van der Waals surface area (Å²) in [5, 5.41) is 11.6. The van der Waals surface area contributed by atoms with E-state index >= 15 is 0 Å². The Labute approximate surface area is 141 Å². The van der Waals surface area contributed by atoms with Gasteiger partial charge in [0.2, 0.25) is 5.91 Å². The number of carboxylic acid groups (broad SMARTS) is 1. The summed E-state index contributed by atoms with van der Waals surface area (Å²) < 4.78 is 4.82. The Kier molecular flexibility index (Phi) is 6.51. The lowest BCUT2D eigenvalue weighted by Gasteiger charge is -2.18. The van der Waals surface area contributed by atoms with Gasteiger partial charge in [-0.25, -0.2) is 4.79 Å². The molecule has 2 aromatic carbocycles. The summed E-state index contributed by atoms with van der Waals surface area (Å²) in [4.78, 5) is 23.2. The van der Waals surface area contributed by atoms with E-state index in [0.717, 1.165) is 11.1 Å². The van der Waals surface area contributed by atoms with Crippen LogP contribution >= 0.6 is 0 Å². The fourth-order valence-corrected chi connectivity index (χ4v) is 2.53. The molecular weight excluding hydrogens is 306 g/mol. The van der Waals surface area contributed by atoms with E-state index in [1.807, 2.05) is 60.7 Å². The zero-order chi connectivity index (χ0) is 17.4. The van der Waals surface area contributed by atoms with Crippen molar-refractivity contribution in [3.8, 4) is 0 Å². The van der Waals surface area contributed by atoms with Crippen molar-refractivity contribution in [2.24, 2.45) is 0 Å². The van der Waals surface area contributed by atoms with Gasteiger partial charge in [0.05, 0.1) is 6.54 Å². The van der Waals surface area contributed by atoms with Crippen molar-refractivity contribution in [3.05, 3.63) is 71.8 Å². The summed E-state index contributed by atoms with van der Waals surface area (Å²) in [6.07, 6.45) is -0.801. The summed E-state index contributed by atoms with van der Waals surface area (Å²) in [5.74, 6) is -1.39. The van der Waals surface area contributed by atoms with Gasteiger partial charge < -0.3 is 15.2 Å². The highest BCUT2D eigenvalue weighted by Gasteiger charge is 2.21. The van der Waals surface area contributed by atoms with Gasteiger partial charge in [0.1, 0.15) is 0 Å². The zero-order valence-electron chi connectivity index (χ0n) is 13.5. The summed E-state index contributed by atoms with van der Waals surface area (Å²) in [7, 11) is 1.31. The number of nitrogens with one attached hydrogen (secondary N) is 1. The number of methoxy groups -OCH3 is 1. The zero-order valence-corrected chi connectivity index (χ0v) is 13.5. The van der Waals surface area contributed by atoms with Gasteiger partial charge >= 0.3 is 5.97 Å². The highest BCUT2D eigenvalue weighted by Crippen LogP contribution is 2.27. The number of hydrogen-bond donors (Lipinski definition) is 2. The molecule has 0 saturated heterocycles. The maximum absolute atomic E-state index is 12.3. The minimum atomic E-state index is -1.10. The SMILES string of the molecule is COC(CNC(=O)CC(c1ccccc1)c1ccccc1)C(=O)O. The molecule has 0 aliphatic carbocycles. The third-order valence-corrected chi connectivity index (χ3v) is 3.84. The molecule has 0 fully saturated rings. The number of rotatable bonds is 8. The van der Waals surface area contributed by atoms with Crippen molar-refractivity contribution in [2.45, 2.75) is 18.4 Å². The van der Waals surface area contributed by atoms with Crippen molar-refractivity contribution < 1.29 is 19.4 Å². The van der Waals surface area contributed by atoms with Crippen LogP contribution in [0.15, 0.2) is 60.7 Å². The molecule has 5 nitrogen and oxygen atoms in total. The lowest BCUT2D eigenvalue weighted by Crippen LogP contribution is -2.38. The second kappa shape index (κ2) is 8.84. The van der Waals surface area contributed by atoms with Crippen LogP contribution in [0.1, 0.15) is 23.5 Å². The fourth-order valence-electron chi connectivity index (χ4n) is 2.53. The van der Waals surface area contributed by atoms with Crippen LogP contribution in [0.2, 0.25) is 0 Å². The summed E-state index contributed by atoms with van der Waals surface area (Å²) in [6, 6.07) is 19.6. The van der Waals surface area contributed by atoms with Gasteiger partial charge in [0.15, 0.2) is 6.10 Å². The normalized spacial score (nSPS) is 11.9. The highest BCUT2D eigenvalue weighted by molar-refractivity contribution is 5.79. The van der Waals surface area contributed by atoms with Gasteiger partial charge in [-0.05, 0) is 11.1 Å². The lowest BCUT2D eigenvalue weighted by molar-refractivity contribution is -0.148. The van der Waals surface area contributed by atoms with Crippen molar-refractivity contribution in [1.82, 2.24) is 5.32 Å². The van der Waals surface area contributed by atoms with Crippen LogP contribution in [0.4, 0.5) is 0 Å². The summed E-state index contributed by atoms with van der Waals surface area (Å²) >= 11 is 0. The first kappa shape index (κ1) is 17.7. The first-order chi connectivity index (χ1) is 11.6. The molecule has 24 heavy (non-hydrogen) atoms. The topological polar surface area (TPSA) is 75.6 Å². The van der Waals surface area contributed by atoms with E-state index in [0.29, 0.717) is 0 Å². The van der Waals surface area contributed by atoms with Gasteiger partial charge in [-0.1, -0.05) is 60.7 Å². The predicted molar refractivity (Wildman–Crippen MR) is 90.8 cm³/mol. The first-order valence-electron chi connectivity index (χ1n) is 7.74. The van der Waals surface area contributed by atoms with Crippen molar-refractivity contribution in [3.63, 3.8) is 0 Å². The van der Waals surface area contributed by atoms with Crippen LogP contribution < -0.4 is 5.32 Å². The maximum atomic E-state index is 12.3. The average molecular weight is 327 g/mol. The first-order valence-corrected chi connectivity index (χ1v) is 7.74. The van der Waals surface area contributed by atoms with Crippen LogP contribution in [0.3, 0.4) is 0 Å². The molecule has 2 aromatic rings. The lowest BCUT2D eigenvalue weighted by atomic mass is 9.88. The maximum Gasteiger partial charge on any atom is 0.334 e. The molecule has 1 amide bonds. The molecule has 0 aliphatic heterocycles. The molecule has 2 rings (SSSR count). The van der Waals surface area contributed by atoms with Crippen LogP contribution in [-0.4, -0.2) is 36.7 Å². The smallest absolute Gasteiger partial charge is 0.334 e. The molecule has 0 saturated carbocycles. The van der Waals surface area contributed by atoms with Crippen LogP contribution in [-0.2, 0) is 14.3 Å².